The Morgan fingerprint density at radius 2 is 0.885 bits per heavy atom. The number of carbonyl (C=O) groups is 1. The van der Waals surface area contributed by atoms with Gasteiger partial charge in [0.05, 0.1) is 39.4 Å². The van der Waals surface area contributed by atoms with Crippen molar-refractivity contribution >= 4 is 50.3 Å². The molecule has 87 heavy (non-hydrogen) atoms. The van der Waals surface area contributed by atoms with Crippen molar-refractivity contribution in [3.8, 4) is 22.3 Å². The van der Waals surface area contributed by atoms with Crippen molar-refractivity contribution in [1.29, 1.82) is 0 Å². The monoisotopic (exact) mass is 1160 g/mol. The van der Waals surface area contributed by atoms with E-state index in [2.05, 4.69) is 169 Å². The third kappa shape index (κ3) is 16.0. The highest BCUT2D eigenvalue weighted by Crippen LogP contribution is 2.45. The molecule has 4 N–H and O–H groups in total. The Hall–Kier alpha value is -7.09. The summed E-state index contributed by atoms with van der Waals surface area (Å²) in [6.07, 6.45) is 24.0. The molecule has 5 heterocycles. The van der Waals surface area contributed by atoms with Crippen LogP contribution in [0.2, 0.25) is 0 Å². The van der Waals surface area contributed by atoms with Gasteiger partial charge < -0.3 is 20.0 Å². The lowest BCUT2D eigenvalue weighted by Crippen LogP contribution is -2.83. The summed E-state index contributed by atoms with van der Waals surface area (Å²) >= 11 is 0. The SMILES string of the molecule is CCCCCCC1=C(C)c2nc1cc1[nH]c(c(C)c1CCCCCC)c(-c1ccc(Cc3ccc(C[NH2+]CCOC(=O)c4cc(C)cc(C)c4)cc3)cc1)c1[nH]c(cc3nc(c2-c2ccc(C)cc2)C(C)=C3CCCCCC)c(CCCCCC)c1C. The van der Waals surface area contributed by atoms with Gasteiger partial charge in [-0.3, -0.25) is 0 Å². The summed E-state index contributed by atoms with van der Waals surface area (Å²) in [6.45, 7) is 26.8. The number of hydrogen-bond donors (Lipinski definition) is 3. The number of nitrogens with zero attached hydrogens (tertiary/aromatic N) is 2. The molecule has 3 aromatic heterocycles. The van der Waals surface area contributed by atoms with Crippen molar-refractivity contribution in [2.75, 3.05) is 13.2 Å². The zero-order valence-corrected chi connectivity index (χ0v) is 55.1. The van der Waals surface area contributed by atoms with Crippen LogP contribution in [-0.2, 0) is 30.5 Å². The summed E-state index contributed by atoms with van der Waals surface area (Å²) in [5.74, 6) is -0.257. The van der Waals surface area contributed by atoms with Gasteiger partial charge in [0, 0.05) is 27.7 Å². The molecule has 0 saturated carbocycles. The molecular weight excluding hydrogens is 1060 g/mol. The second-order valence-corrected chi connectivity index (χ2v) is 25.6. The third-order valence-electron chi connectivity index (χ3n) is 18.6. The van der Waals surface area contributed by atoms with Crippen molar-refractivity contribution in [2.24, 2.45) is 0 Å². The molecule has 0 radical (unpaired) electrons. The number of benzene rings is 4. The number of carbonyl (C=O) groups excluding carboxylic acids is 1. The van der Waals surface area contributed by atoms with Gasteiger partial charge in [-0.1, -0.05) is 200 Å². The van der Waals surface area contributed by atoms with E-state index in [1.54, 1.807) is 0 Å². The van der Waals surface area contributed by atoms with E-state index in [1.165, 1.54) is 183 Å². The Labute approximate surface area is 522 Å². The van der Waals surface area contributed by atoms with Crippen molar-refractivity contribution < 1.29 is 14.8 Å². The maximum atomic E-state index is 12.7. The first-order chi connectivity index (χ1) is 42.3. The Kier molecular flexibility index (Phi) is 23.1. The number of aromatic amines is 2. The van der Waals surface area contributed by atoms with Crippen LogP contribution in [0.5, 0.6) is 0 Å². The van der Waals surface area contributed by atoms with Gasteiger partial charge in [-0.05, 0) is 197 Å². The summed E-state index contributed by atoms with van der Waals surface area (Å²) in [5.41, 5.74) is 32.4. The van der Waals surface area contributed by atoms with Crippen molar-refractivity contribution in [3.63, 3.8) is 0 Å². The molecule has 7 aromatic rings. The highest BCUT2D eigenvalue weighted by atomic mass is 16.5. The average Bonchev–Trinajstić information content (AvgIpc) is 1.69. The van der Waals surface area contributed by atoms with Crippen molar-refractivity contribution in [2.45, 2.75) is 218 Å². The van der Waals surface area contributed by atoms with Crippen LogP contribution in [0.25, 0.3) is 66.6 Å². The molecule has 0 saturated heterocycles. The van der Waals surface area contributed by atoms with Gasteiger partial charge in [-0.2, -0.15) is 0 Å². The van der Waals surface area contributed by atoms with E-state index in [9.17, 15) is 4.79 Å². The fraction of sp³-hybridized carbons (Fsp3) is 0.438. The Balaban J connectivity index is 1.19. The minimum Gasteiger partial charge on any atom is -0.456 e. The molecule has 8 bridgehead atoms. The van der Waals surface area contributed by atoms with E-state index in [-0.39, 0.29) is 5.97 Å². The molecule has 0 aliphatic carbocycles. The summed E-state index contributed by atoms with van der Waals surface area (Å²) in [4.78, 5) is 33.0. The molecule has 458 valence electrons. The number of rotatable bonds is 30. The van der Waals surface area contributed by atoms with E-state index < -0.39 is 0 Å². The summed E-state index contributed by atoms with van der Waals surface area (Å²) < 4.78 is 5.63. The zero-order valence-electron chi connectivity index (χ0n) is 55.1. The number of aromatic nitrogens is 4. The third-order valence-corrected chi connectivity index (χ3v) is 18.6. The van der Waals surface area contributed by atoms with Crippen LogP contribution < -0.4 is 5.32 Å². The molecule has 0 atom stereocenters. The molecule has 0 fully saturated rings. The standard InChI is InChI=1S/C80H101N5O2/c1-12-16-20-24-28-66-56(8)76-74(63-40-32-53(5)33-41-63)77-57(9)67(29-25-21-17-13-2)71(83-77)51-73-69(31-27-23-19-15-4)59(11)79(85-73)75(78-58(10)68(30-26-22-18-14-3)72(84-78)50-70(66)82-76)64-42-38-61(39-43-64)49-60-34-36-62(37-35-60)52-81-44-45-87-80(86)65-47-54(6)46-55(7)48-65/h32-43,46-48,50-51,81,84-85H,12-31,44-45,49,52H2,1-11H3/p+1. The molecule has 7 nitrogen and oxygen atoms in total. The van der Waals surface area contributed by atoms with Gasteiger partial charge in [-0.15, -0.1) is 0 Å². The van der Waals surface area contributed by atoms with Crippen LogP contribution in [-0.4, -0.2) is 39.1 Å². The number of unbranched alkanes of at least 4 members (excludes halogenated alkanes) is 12. The summed E-state index contributed by atoms with van der Waals surface area (Å²) in [6, 6.07) is 38.4. The largest absolute Gasteiger partial charge is 0.456 e. The molecule has 0 amide bonds. The second kappa shape index (κ2) is 31.2. The lowest BCUT2D eigenvalue weighted by atomic mass is 9.92. The van der Waals surface area contributed by atoms with E-state index in [0.717, 1.165) is 104 Å². The number of nitrogens with two attached hydrogens (primary N) is 1. The van der Waals surface area contributed by atoms with Gasteiger partial charge in [0.25, 0.3) is 0 Å². The number of allylic oxidation sites excluding steroid dienone is 4. The quantitative estimate of drug-likeness (QED) is 0.0308. The van der Waals surface area contributed by atoms with Gasteiger partial charge in [0.15, 0.2) is 0 Å². The van der Waals surface area contributed by atoms with Gasteiger partial charge in [-0.25, -0.2) is 14.8 Å². The van der Waals surface area contributed by atoms with Gasteiger partial charge in [0.2, 0.25) is 0 Å². The van der Waals surface area contributed by atoms with Crippen molar-refractivity contribution in [3.05, 3.63) is 187 Å². The minimum absolute atomic E-state index is 0.257. The number of ether oxygens (including phenoxy) is 1. The fourth-order valence-electron chi connectivity index (χ4n) is 13.5. The highest BCUT2D eigenvalue weighted by molar-refractivity contribution is 6.03. The number of aryl methyl sites for hydroxylation is 7. The minimum atomic E-state index is -0.257. The Morgan fingerprint density at radius 1 is 0.460 bits per heavy atom. The highest BCUT2D eigenvalue weighted by Gasteiger charge is 2.28. The Bertz CT molecular complexity index is 3560. The van der Waals surface area contributed by atoms with Crippen LogP contribution in [0.3, 0.4) is 0 Å². The van der Waals surface area contributed by atoms with Crippen LogP contribution in [0.4, 0.5) is 0 Å². The number of esters is 1. The van der Waals surface area contributed by atoms with Crippen LogP contribution >= 0.6 is 0 Å². The lowest BCUT2D eigenvalue weighted by molar-refractivity contribution is -0.671. The first-order valence-electron chi connectivity index (χ1n) is 33.8. The first kappa shape index (κ1) is 64.4. The number of H-pyrrole nitrogens is 2. The number of nitrogens with one attached hydrogen (secondary N) is 2. The lowest BCUT2D eigenvalue weighted by Gasteiger charge is -2.11. The average molecular weight is 1170 g/mol. The summed E-state index contributed by atoms with van der Waals surface area (Å²) in [5, 5.41) is 2.21. The maximum absolute atomic E-state index is 12.7. The number of quaternary nitrogens is 1. The van der Waals surface area contributed by atoms with E-state index >= 15 is 0 Å². The maximum Gasteiger partial charge on any atom is 0.338 e. The molecule has 0 unspecified atom stereocenters. The van der Waals surface area contributed by atoms with E-state index in [0.29, 0.717) is 18.7 Å². The zero-order chi connectivity index (χ0) is 61.4. The van der Waals surface area contributed by atoms with Gasteiger partial charge >= 0.3 is 5.97 Å². The molecule has 0 spiro atoms. The van der Waals surface area contributed by atoms with Crippen LogP contribution in [0.1, 0.15) is 246 Å². The molecule has 2 aliphatic heterocycles. The topological polar surface area (TPSA) is 100 Å². The van der Waals surface area contributed by atoms with Crippen LogP contribution in [0.15, 0.2) is 103 Å². The Morgan fingerprint density at radius 3 is 1.36 bits per heavy atom. The second-order valence-electron chi connectivity index (χ2n) is 25.6. The predicted molar refractivity (Wildman–Crippen MR) is 370 cm³/mol. The van der Waals surface area contributed by atoms with Crippen LogP contribution in [0, 0.1) is 34.6 Å². The van der Waals surface area contributed by atoms with Crippen molar-refractivity contribution in [1.82, 2.24) is 19.9 Å². The van der Waals surface area contributed by atoms with E-state index in [4.69, 9.17) is 14.7 Å². The van der Waals surface area contributed by atoms with E-state index in [1.807, 2.05) is 26.0 Å². The van der Waals surface area contributed by atoms with Gasteiger partial charge in [0.1, 0.15) is 19.7 Å². The molecule has 9 rings (SSSR count). The first-order valence-corrected chi connectivity index (χ1v) is 33.8. The predicted octanol–water partition coefficient (Wildman–Crippen LogP) is 20.7. The molecule has 2 aliphatic rings. The number of hydrogen-bond acceptors (Lipinski definition) is 4. The molecule has 7 heteroatoms. The number of fused-ring (bicyclic) bond motifs is 8. The molecule has 4 aromatic carbocycles. The molecular formula is C80H102N5O2+. The fourth-order valence-corrected chi connectivity index (χ4v) is 13.5. The summed E-state index contributed by atoms with van der Waals surface area (Å²) in [7, 11) is 0. The smallest absolute Gasteiger partial charge is 0.338 e. The normalized spacial score (nSPS) is 12.5.